The molecule has 2 aromatic carbocycles. The van der Waals surface area contributed by atoms with E-state index in [9.17, 15) is 4.79 Å². The van der Waals surface area contributed by atoms with Crippen LogP contribution in [0.3, 0.4) is 0 Å². The van der Waals surface area contributed by atoms with Crippen LogP contribution in [0, 0.1) is 30.6 Å². The number of aryl methyl sites for hydroxylation is 1. The Hall–Kier alpha value is -1.94. The number of carbonyl (C=O) groups excluding carboxylic acids is 1. The highest BCUT2D eigenvalue weighted by Crippen LogP contribution is 2.54. The molecule has 242 valence electrons. The highest BCUT2D eigenvalue weighted by Gasteiger charge is 2.49. The Morgan fingerprint density at radius 2 is 1.55 bits per heavy atom. The molecule has 7 nitrogen and oxygen atoms in total. The second kappa shape index (κ2) is 17.1. The quantitative estimate of drug-likeness (QED) is 0.0994. The van der Waals surface area contributed by atoms with Gasteiger partial charge in [-0.2, -0.15) is 0 Å². The van der Waals surface area contributed by atoms with E-state index in [1.807, 2.05) is 38.2 Å². The van der Waals surface area contributed by atoms with Gasteiger partial charge in [-0.05, 0) is 131 Å². The van der Waals surface area contributed by atoms with Crippen molar-refractivity contribution in [3.63, 3.8) is 0 Å². The van der Waals surface area contributed by atoms with Crippen LogP contribution < -0.4 is 10.1 Å². The molecule has 5 aliphatic rings. The van der Waals surface area contributed by atoms with Gasteiger partial charge in [-0.15, -0.1) is 0 Å². The number of ether oxygens (including phenoxy) is 1. The fourth-order valence-electron chi connectivity index (χ4n) is 8.07. The summed E-state index contributed by atoms with van der Waals surface area (Å²) in [6.45, 7) is 5.51. The highest BCUT2D eigenvalue weighted by atomic mass is 32.2. The summed E-state index contributed by atoms with van der Waals surface area (Å²) in [6.07, 6.45) is 13.0. The lowest BCUT2D eigenvalue weighted by molar-refractivity contribution is -0.383. The van der Waals surface area contributed by atoms with E-state index in [-0.39, 0.29) is 6.10 Å². The molecule has 5 aliphatic carbocycles. The monoisotopic (exact) mass is 624 g/mol. The van der Waals surface area contributed by atoms with Crippen LogP contribution in [0.4, 0.5) is 0 Å². The number of benzene rings is 2. The normalized spacial score (nSPS) is 28.9. The van der Waals surface area contributed by atoms with E-state index in [2.05, 4.69) is 34.5 Å². The van der Waals surface area contributed by atoms with E-state index in [4.69, 9.17) is 19.1 Å². The van der Waals surface area contributed by atoms with Crippen molar-refractivity contribution in [2.75, 3.05) is 39.8 Å². The van der Waals surface area contributed by atoms with E-state index >= 15 is 0 Å². The maximum atomic E-state index is 10.9. The minimum atomic E-state index is 0.253. The summed E-state index contributed by atoms with van der Waals surface area (Å²) in [4.78, 5) is 26.1. The maximum absolute atomic E-state index is 10.9. The first-order valence-corrected chi connectivity index (χ1v) is 17.6. The van der Waals surface area contributed by atoms with Crippen molar-refractivity contribution >= 4 is 18.3 Å². The summed E-state index contributed by atoms with van der Waals surface area (Å²) in [7, 11) is 1.92. The number of nitrogens with zero attached hydrogens (tertiary/aromatic N) is 1. The van der Waals surface area contributed by atoms with Gasteiger partial charge in [-0.3, -0.25) is 4.90 Å². The van der Waals surface area contributed by atoms with Gasteiger partial charge >= 0.3 is 0 Å². The first kappa shape index (κ1) is 33.4. The summed E-state index contributed by atoms with van der Waals surface area (Å²) in [5, 5.41) is 3.12. The zero-order chi connectivity index (χ0) is 30.7. The van der Waals surface area contributed by atoms with Gasteiger partial charge in [0.05, 0.1) is 18.8 Å². The minimum absolute atomic E-state index is 0.253. The molecule has 5 saturated carbocycles. The van der Waals surface area contributed by atoms with Gasteiger partial charge in [0.1, 0.15) is 18.6 Å². The van der Waals surface area contributed by atoms with Crippen LogP contribution in [0.2, 0.25) is 0 Å². The van der Waals surface area contributed by atoms with Crippen molar-refractivity contribution in [2.45, 2.75) is 87.7 Å². The van der Waals surface area contributed by atoms with Gasteiger partial charge in [0.25, 0.3) is 0 Å². The van der Waals surface area contributed by atoms with Crippen LogP contribution >= 0.6 is 12.0 Å². The molecule has 0 aromatic heterocycles. The zero-order valence-corrected chi connectivity index (χ0v) is 27.4. The van der Waals surface area contributed by atoms with Gasteiger partial charge in [-0.1, -0.05) is 29.8 Å². The molecule has 0 heterocycles. The minimum Gasteiger partial charge on any atom is -0.492 e. The van der Waals surface area contributed by atoms with E-state index in [0.29, 0.717) is 25.2 Å². The zero-order valence-electron chi connectivity index (χ0n) is 26.6. The number of likely N-dealkylation sites (N-methyl/N-ethyl adjacent to an activating group) is 1. The Bertz CT molecular complexity index is 1090. The van der Waals surface area contributed by atoms with Crippen LogP contribution in [0.5, 0.6) is 5.75 Å². The fraction of sp³-hybridized carbons (Fsp3) is 0.639. The third kappa shape index (κ3) is 9.54. The van der Waals surface area contributed by atoms with Crippen molar-refractivity contribution in [3.8, 4) is 5.75 Å². The molecular formula is C36H52N2O5S. The van der Waals surface area contributed by atoms with Crippen molar-refractivity contribution in [2.24, 2.45) is 23.7 Å². The van der Waals surface area contributed by atoms with E-state index in [1.54, 1.807) is 0 Å². The molecule has 8 heteroatoms. The molecule has 0 radical (unpaired) electrons. The van der Waals surface area contributed by atoms with Crippen LogP contribution in [0.15, 0.2) is 53.4 Å². The average Bonchev–Trinajstić information content (AvgIpc) is 3.04. The second-order valence-electron chi connectivity index (χ2n) is 13.5. The van der Waals surface area contributed by atoms with E-state index in [0.717, 1.165) is 98.0 Å². The van der Waals surface area contributed by atoms with Crippen molar-refractivity contribution < 1.29 is 23.9 Å². The SMILES string of the molecule is CNCCN(CC=O)CCOc1ccc(C2CCC(OOC3C4CC5CC(C4)CC3C5)CC2)cc1.Cc1ccc(SO)cc1. The predicted octanol–water partition coefficient (Wildman–Crippen LogP) is 7.14. The molecule has 2 aromatic rings. The Balaban J connectivity index is 0.000000367. The Morgan fingerprint density at radius 3 is 2.14 bits per heavy atom. The molecule has 2 N–H and O–H groups in total. The highest BCUT2D eigenvalue weighted by molar-refractivity contribution is 7.93. The fourth-order valence-corrected chi connectivity index (χ4v) is 8.32. The van der Waals surface area contributed by atoms with Crippen LogP contribution in [-0.2, 0) is 14.6 Å². The van der Waals surface area contributed by atoms with Gasteiger partial charge < -0.3 is 19.4 Å². The van der Waals surface area contributed by atoms with Gasteiger partial charge in [-0.25, -0.2) is 9.78 Å². The third-order valence-electron chi connectivity index (χ3n) is 10.3. The summed E-state index contributed by atoms with van der Waals surface area (Å²) < 4.78 is 14.5. The molecule has 0 saturated heterocycles. The number of aldehydes is 1. The van der Waals surface area contributed by atoms with Gasteiger partial charge in [0, 0.05) is 36.6 Å². The largest absolute Gasteiger partial charge is 0.492 e. The standard InChI is InChI=1S/C29H44N2O4.C7H8OS/c1-30-10-11-31(12-14-32)13-15-33-27-6-2-23(3-7-27)24-4-8-28(9-5-24)34-35-29-25-17-21-16-22(19-25)20-26(29)18-21;1-6-2-4-7(9-8)5-3-6/h2-3,6-7,14,21-22,24-26,28-30H,4-5,8-13,15-20H2,1H3;2-5,8H,1H3. The second-order valence-corrected chi connectivity index (χ2v) is 14.1. The summed E-state index contributed by atoms with van der Waals surface area (Å²) in [5.41, 5.74) is 2.61. The molecule has 4 bridgehead atoms. The summed E-state index contributed by atoms with van der Waals surface area (Å²) in [6, 6.07) is 16.3. The lowest BCUT2D eigenvalue weighted by Crippen LogP contribution is -2.49. The summed E-state index contributed by atoms with van der Waals surface area (Å²) >= 11 is 0.777. The van der Waals surface area contributed by atoms with Crippen molar-refractivity contribution in [1.29, 1.82) is 0 Å². The Morgan fingerprint density at radius 1 is 0.886 bits per heavy atom. The number of rotatable bonds is 14. The molecule has 0 atom stereocenters. The lowest BCUT2D eigenvalue weighted by atomic mass is 9.55. The Labute approximate surface area is 268 Å². The van der Waals surface area contributed by atoms with Gasteiger partial charge in [0.15, 0.2) is 0 Å². The van der Waals surface area contributed by atoms with Crippen molar-refractivity contribution in [3.05, 3.63) is 59.7 Å². The molecule has 0 amide bonds. The lowest BCUT2D eigenvalue weighted by Gasteiger charge is -2.53. The maximum Gasteiger partial charge on any atom is 0.133 e. The number of hydrogen-bond acceptors (Lipinski definition) is 8. The van der Waals surface area contributed by atoms with Gasteiger partial charge in [0.2, 0.25) is 0 Å². The van der Waals surface area contributed by atoms with E-state index < -0.39 is 0 Å². The number of carbonyl (C=O) groups is 1. The predicted molar refractivity (Wildman–Crippen MR) is 176 cm³/mol. The number of nitrogens with one attached hydrogen (secondary N) is 1. The van der Waals surface area contributed by atoms with Crippen LogP contribution in [-0.4, -0.2) is 67.8 Å². The third-order valence-corrected chi connectivity index (χ3v) is 10.8. The van der Waals surface area contributed by atoms with Crippen molar-refractivity contribution in [1.82, 2.24) is 10.2 Å². The first-order chi connectivity index (χ1) is 21.5. The topological polar surface area (TPSA) is 80.3 Å². The molecular weight excluding hydrogens is 572 g/mol. The summed E-state index contributed by atoms with van der Waals surface area (Å²) in [5.74, 6) is 4.95. The average molecular weight is 625 g/mol. The molecule has 5 fully saturated rings. The molecule has 7 rings (SSSR count). The smallest absolute Gasteiger partial charge is 0.133 e. The van der Waals surface area contributed by atoms with E-state index in [1.165, 1.54) is 43.2 Å². The molecule has 44 heavy (non-hydrogen) atoms. The van der Waals surface area contributed by atoms with Crippen LogP contribution in [0.25, 0.3) is 0 Å². The first-order valence-electron chi connectivity index (χ1n) is 16.8. The molecule has 0 unspecified atom stereocenters. The number of hydrogen-bond donors (Lipinski definition) is 2. The molecule has 0 spiro atoms. The molecule has 0 aliphatic heterocycles. The van der Waals surface area contributed by atoms with Crippen LogP contribution in [0.1, 0.15) is 74.8 Å². The Kier molecular flexibility index (Phi) is 13.0.